The molecule has 2 aromatic rings. The van der Waals surface area contributed by atoms with Gasteiger partial charge in [0.25, 0.3) is 11.8 Å². The molecule has 0 unspecified atom stereocenters. The second kappa shape index (κ2) is 9.07. The van der Waals surface area contributed by atoms with Crippen LogP contribution in [0, 0.1) is 0 Å². The van der Waals surface area contributed by atoms with Crippen molar-refractivity contribution in [2.45, 2.75) is 0 Å². The second-order valence-electron chi connectivity index (χ2n) is 5.50. The van der Waals surface area contributed by atoms with E-state index in [2.05, 4.69) is 5.43 Å². The molecule has 0 atom stereocenters. The van der Waals surface area contributed by atoms with Gasteiger partial charge < -0.3 is 14.6 Å². The number of carbonyl (C=O) groups excluding carboxylic acids is 2. The van der Waals surface area contributed by atoms with Gasteiger partial charge in [-0.1, -0.05) is 30.0 Å². The smallest absolute Gasteiger partial charge is 0.341 e. The fourth-order valence-corrected chi connectivity index (χ4v) is 4.15. The summed E-state index contributed by atoms with van der Waals surface area (Å²) in [6, 6.07) is 8.30. The molecule has 1 aliphatic heterocycles. The maximum Gasteiger partial charge on any atom is 0.341 e. The van der Waals surface area contributed by atoms with Crippen LogP contribution in [0.3, 0.4) is 0 Å². The van der Waals surface area contributed by atoms with Gasteiger partial charge >= 0.3 is 5.97 Å². The van der Waals surface area contributed by atoms with Gasteiger partial charge in [0, 0.05) is 5.56 Å². The molecule has 2 N–H and O–H groups in total. The fraction of sp³-hybridized carbons (Fsp3) is 0.111. The molecule has 11 heteroatoms. The van der Waals surface area contributed by atoms with E-state index in [-0.39, 0.29) is 15.0 Å². The summed E-state index contributed by atoms with van der Waals surface area (Å²) >= 11 is 7.46. The number of hydrogen-bond donors (Lipinski definition) is 2. The van der Waals surface area contributed by atoms with Crippen LogP contribution >= 0.6 is 35.3 Å². The van der Waals surface area contributed by atoms with Crippen molar-refractivity contribution in [2.75, 3.05) is 13.7 Å². The number of aliphatic carboxylic acids is 1. The Hall–Kier alpha value is -2.89. The lowest BCUT2D eigenvalue weighted by Gasteiger charge is -2.15. The Kier molecular flexibility index (Phi) is 6.52. The van der Waals surface area contributed by atoms with Gasteiger partial charge in [-0.2, -0.15) is 5.01 Å². The van der Waals surface area contributed by atoms with E-state index in [1.807, 2.05) is 0 Å². The zero-order valence-electron chi connectivity index (χ0n) is 14.9. The summed E-state index contributed by atoms with van der Waals surface area (Å²) in [5.41, 5.74) is 2.93. The summed E-state index contributed by atoms with van der Waals surface area (Å²) in [5, 5.41) is 11.6. The molecule has 1 aromatic carbocycles. The maximum atomic E-state index is 12.7. The highest BCUT2D eigenvalue weighted by molar-refractivity contribution is 8.26. The molecule has 1 fully saturated rings. The van der Waals surface area contributed by atoms with Crippen molar-refractivity contribution >= 4 is 63.5 Å². The number of hydrogen-bond acceptors (Lipinski definition) is 8. The van der Waals surface area contributed by atoms with Gasteiger partial charge in [0.15, 0.2) is 22.4 Å². The van der Waals surface area contributed by atoms with Gasteiger partial charge in [-0.25, -0.2) is 4.79 Å². The zero-order valence-corrected chi connectivity index (χ0v) is 17.4. The van der Waals surface area contributed by atoms with E-state index in [4.69, 9.17) is 26.8 Å². The van der Waals surface area contributed by atoms with E-state index in [9.17, 15) is 14.4 Å². The number of hydrazine groups is 1. The summed E-state index contributed by atoms with van der Waals surface area (Å²) in [4.78, 5) is 36.5. The summed E-state index contributed by atoms with van der Waals surface area (Å²) < 4.78 is 10.7. The lowest BCUT2D eigenvalue weighted by atomic mass is 10.1. The fourth-order valence-electron chi connectivity index (χ4n) is 2.37. The molecule has 8 nitrogen and oxygen atoms in total. The van der Waals surface area contributed by atoms with Crippen molar-refractivity contribution in [2.24, 2.45) is 0 Å². The molecule has 1 aromatic heterocycles. The Morgan fingerprint density at radius 1 is 1.31 bits per heavy atom. The first-order valence-corrected chi connectivity index (χ1v) is 10.1. The topological polar surface area (TPSA) is 105 Å². The van der Waals surface area contributed by atoms with E-state index in [0.717, 1.165) is 16.8 Å². The molecule has 150 valence electrons. The molecule has 0 aliphatic carbocycles. The normalized spacial score (nSPS) is 14.9. The van der Waals surface area contributed by atoms with Gasteiger partial charge in [-0.05, 0) is 35.8 Å². The standard InChI is InChI=1S/C18H14N2O6S3/c1-25-11-5-2-4-10(15(11)26-9-14(21)22)8-13-17(24)20(18(27)29-13)19-16(23)12-6-3-7-28-12/h2-8H,9H2,1H3,(H,19,23)(H,21,22). The molecule has 29 heavy (non-hydrogen) atoms. The Labute approximate surface area is 179 Å². The van der Waals surface area contributed by atoms with Gasteiger partial charge in [0.2, 0.25) is 0 Å². The minimum atomic E-state index is -1.15. The van der Waals surface area contributed by atoms with Crippen molar-refractivity contribution in [3.8, 4) is 11.5 Å². The summed E-state index contributed by atoms with van der Waals surface area (Å²) in [7, 11) is 1.42. The van der Waals surface area contributed by atoms with Crippen LogP contribution in [0.2, 0.25) is 0 Å². The first kappa shape index (κ1) is 20.8. The van der Waals surface area contributed by atoms with Crippen molar-refractivity contribution in [1.82, 2.24) is 10.4 Å². The molecule has 1 aliphatic rings. The van der Waals surface area contributed by atoms with Gasteiger partial charge in [0.1, 0.15) is 0 Å². The number of thioether (sulfide) groups is 1. The monoisotopic (exact) mass is 450 g/mol. The third kappa shape index (κ3) is 4.75. The van der Waals surface area contributed by atoms with Crippen LogP contribution in [-0.2, 0) is 9.59 Å². The van der Waals surface area contributed by atoms with E-state index in [1.165, 1.54) is 24.5 Å². The molecule has 1 saturated heterocycles. The minimum absolute atomic E-state index is 0.169. The number of nitrogens with zero attached hydrogens (tertiary/aromatic N) is 1. The van der Waals surface area contributed by atoms with Crippen LogP contribution in [0.1, 0.15) is 15.2 Å². The Bertz CT molecular complexity index is 1000. The molecule has 3 rings (SSSR count). The van der Waals surface area contributed by atoms with Crippen molar-refractivity contribution in [1.29, 1.82) is 0 Å². The average molecular weight is 451 g/mol. The Morgan fingerprint density at radius 2 is 2.10 bits per heavy atom. The molecule has 0 radical (unpaired) electrons. The Balaban J connectivity index is 1.85. The predicted molar refractivity (Wildman–Crippen MR) is 113 cm³/mol. The Morgan fingerprint density at radius 3 is 2.76 bits per heavy atom. The van der Waals surface area contributed by atoms with E-state index in [1.54, 1.807) is 35.7 Å². The molecule has 0 bridgehead atoms. The second-order valence-corrected chi connectivity index (χ2v) is 8.12. The number of benzene rings is 1. The number of amides is 2. The molecular formula is C18H14N2O6S3. The van der Waals surface area contributed by atoms with Crippen LogP contribution in [-0.4, -0.2) is 45.9 Å². The van der Waals surface area contributed by atoms with E-state index in [0.29, 0.717) is 16.2 Å². The van der Waals surface area contributed by atoms with Gasteiger partial charge in [-0.3, -0.25) is 15.0 Å². The number of thiophene rings is 1. The van der Waals surface area contributed by atoms with E-state index >= 15 is 0 Å². The molecule has 2 heterocycles. The van der Waals surface area contributed by atoms with Crippen LogP contribution < -0.4 is 14.9 Å². The van der Waals surface area contributed by atoms with Crippen LogP contribution in [0.5, 0.6) is 11.5 Å². The van der Waals surface area contributed by atoms with Crippen LogP contribution in [0.25, 0.3) is 6.08 Å². The number of rotatable bonds is 7. The van der Waals surface area contributed by atoms with E-state index < -0.39 is 24.4 Å². The average Bonchev–Trinajstić information content (AvgIpc) is 3.31. The van der Waals surface area contributed by atoms with Crippen LogP contribution in [0.15, 0.2) is 40.6 Å². The molecule has 0 saturated carbocycles. The number of carboxylic acids is 1. The van der Waals surface area contributed by atoms with Gasteiger partial charge in [0.05, 0.1) is 16.9 Å². The number of methoxy groups -OCH3 is 1. The van der Waals surface area contributed by atoms with Crippen molar-refractivity contribution < 1.29 is 29.0 Å². The summed E-state index contributed by atoms with van der Waals surface area (Å²) in [6.45, 7) is -0.570. The number of carboxylic acid groups (broad SMARTS) is 1. The molecule has 2 amide bonds. The third-order valence-corrected chi connectivity index (χ3v) is 5.78. The lowest BCUT2D eigenvalue weighted by Crippen LogP contribution is -2.44. The lowest BCUT2D eigenvalue weighted by molar-refractivity contribution is -0.139. The molecule has 0 spiro atoms. The quantitative estimate of drug-likeness (QED) is 0.490. The maximum absolute atomic E-state index is 12.7. The first-order valence-electron chi connectivity index (χ1n) is 8.04. The SMILES string of the molecule is COc1cccc(C=C2SC(=S)N(NC(=O)c3cccs3)C2=O)c1OCC(=O)O. The first-order chi connectivity index (χ1) is 13.9. The minimum Gasteiger partial charge on any atom is -0.493 e. The highest BCUT2D eigenvalue weighted by Gasteiger charge is 2.34. The zero-order chi connectivity index (χ0) is 21.0. The molecular weight excluding hydrogens is 436 g/mol. The predicted octanol–water partition coefficient (Wildman–Crippen LogP) is 2.77. The van der Waals surface area contributed by atoms with Crippen molar-refractivity contribution in [3.63, 3.8) is 0 Å². The van der Waals surface area contributed by atoms with Crippen LogP contribution in [0.4, 0.5) is 0 Å². The highest BCUT2D eigenvalue weighted by Crippen LogP contribution is 2.37. The summed E-state index contributed by atoms with van der Waals surface area (Å²) in [6.07, 6.45) is 1.51. The summed E-state index contributed by atoms with van der Waals surface area (Å²) in [5.74, 6) is -1.59. The number of thiocarbonyl (C=S) groups is 1. The number of para-hydroxylation sites is 1. The number of ether oxygens (including phenoxy) is 2. The number of carbonyl (C=O) groups is 3. The van der Waals surface area contributed by atoms with Gasteiger partial charge in [-0.15, -0.1) is 11.3 Å². The largest absolute Gasteiger partial charge is 0.493 e. The number of nitrogens with one attached hydrogen (secondary N) is 1. The highest BCUT2D eigenvalue weighted by atomic mass is 32.2. The van der Waals surface area contributed by atoms with Crippen molar-refractivity contribution in [3.05, 3.63) is 51.1 Å². The third-order valence-electron chi connectivity index (χ3n) is 3.61.